The minimum atomic E-state index is -0.763. The summed E-state index contributed by atoms with van der Waals surface area (Å²) in [5.41, 5.74) is 1.08. The van der Waals surface area contributed by atoms with E-state index in [4.69, 9.17) is 9.47 Å². The van der Waals surface area contributed by atoms with Crippen LogP contribution in [0.4, 0.5) is 0 Å². The summed E-state index contributed by atoms with van der Waals surface area (Å²) in [5, 5.41) is 21.2. The van der Waals surface area contributed by atoms with Crippen molar-refractivity contribution in [3.63, 3.8) is 0 Å². The second-order valence-corrected chi connectivity index (χ2v) is 5.23. The number of benzene rings is 2. The first kappa shape index (κ1) is 18.1. The van der Waals surface area contributed by atoms with Gasteiger partial charge in [-0.05, 0) is 42.3 Å². The van der Waals surface area contributed by atoms with Gasteiger partial charge in [-0.15, -0.1) is 0 Å². The first-order valence-electron chi connectivity index (χ1n) is 7.58. The molecule has 1 amide bonds. The Balaban J connectivity index is 1.72. The normalized spacial score (nSPS) is 10.1. The minimum Gasteiger partial charge on any atom is -0.504 e. The van der Waals surface area contributed by atoms with Gasteiger partial charge in [0.25, 0.3) is 5.91 Å². The predicted octanol–water partition coefficient (Wildman–Crippen LogP) is 1.62. The number of hydrogen-bond donors (Lipinski definition) is 3. The van der Waals surface area contributed by atoms with Crippen LogP contribution in [0, 0.1) is 0 Å². The molecule has 0 aliphatic rings. The lowest BCUT2D eigenvalue weighted by molar-refractivity contribution is -0.124. The molecule has 0 atom stereocenters. The molecule has 0 fully saturated rings. The predicted molar refractivity (Wildman–Crippen MR) is 89.8 cm³/mol. The van der Waals surface area contributed by atoms with Crippen molar-refractivity contribution in [1.82, 2.24) is 5.32 Å². The summed E-state index contributed by atoms with van der Waals surface area (Å²) < 4.78 is 9.93. The highest BCUT2D eigenvalue weighted by atomic mass is 16.5. The number of carbonyl (C=O) groups excluding carboxylic acids is 2. The van der Waals surface area contributed by atoms with Gasteiger partial charge in [-0.3, -0.25) is 4.79 Å². The molecule has 0 unspecified atom stereocenters. The highest BCUT2D eigenvalue weighted by Crippen LogP contribution is 2.25. The fraction of sp³-hybridized carbons (Fsp3) is 0.222. The van der Waals surface area contributed by atoms with Gasteiger partial charge < -0.3 is 25.0 Å². The summed E-state index contributed by atoms with van der Waals surface area (Å²) in [7, 11) is 1.59. The molecule has 0 aromatic heterocycles. The lowest BCUT2D eigenvalue weighted by Crippen LogP contribution is -2.30. The summed E-state index contributed by atoms with van der Waals surface area (Å²) in [5.74, 6) is -1.20. The second kappa shape index (κ2) is 8.58. The van der Waals surface area contributed by atoms with E-state index in [0.29, 0.717) is 13.0 Å². The Morgan fingerprint density at radius 1 is 1.04 bits per heavy atom. The Morgan fingerprint density at radius 2 is 1.76 bits per heavy atom. The highest BCUT2D eigenvalue weighted by molar-refractivity contribution is 5.92. The van der Waals surface area contributed by atoms with Gasteiger partial charge in [0.15, 0.2) is 18.1 Å². The van der Waals surface area contributed by atoms with E-state index < -0.39 is 24.2 Å². The van der Waals surface area contributed by atoms with Crippen LogP contribution in [0.2, 0.25) is 0 Å². The van der Waals surface area contributed by atoms with Crippen molar-refractivity contribution in [2.24, 2.45) is 0 Å². The smallest absolute Gasteiger partial charge is 0.338 e. The largest absolute Gasteiger partial charge is 0.504 e. The fourth-order valence-electron chi connectivity index (χ4n) is 2.05. The number of hydrogen-bond acceptors (Lipinski definition) is 6. The summed E-state index contributed by atoms with van der Waals surface area (Å²) in [6, 6.07) is 11.0. The summed E-state index contributed by atoms with van der Waals surface area (Å²) >= 11 is 0. The third kappa shape index (κ3) is 5.42. The van der Waals surface area contributed by atoms with Crippen LogP contribution in [0.15, 0.2) is 42.5 Å². The number of amides is 1. The van der Waals surface area contributed by atoms with Crippen molar-refractivity contribution in [1.29, 1.82) is 0 Å². The van der Waals surface area contributed by atoms with Crippen LogP contribution in [-0.4, -0.2) is 42.4 Å². The number of esters is 1. The molecule has 0 aliphatic heterocycles. The van der Waals surface area contributed by atoms with E-state index in [1.807, 2.05) is 24.3 Å². The summed E-state index contributed by atoms with van der Waals surface area (Å²) in [4.78, 5) is 23.5. The van der Waals surface area contributed by atoms with Gasteiger partial charge in [0.05, 0.1) is 12.7 Å². The van der Waals surface area contributed by atoms with Gasteiger partial charge in [0, 0.05) is 6.54 Å². The number of phenolic OH excluding ortho intramolecular Hbond substituents is 2. The Morgan fingerprint density at radius 3 is 2.40 bits per heavy atom. The van der Waals surface area contributed by atoms with Gasteiger partial charge >= 0.3 is 5.97 Å². The maximum atomic E-state index is 11.8. The fourth-order valence-corrected chi connectivity index (χ4v) is 2.05. The van der Waals surface area contributed by atoms with Crippen LogP contribution in [0.1, 0.15) is 15.9 Å². The zero-order chi connectivity index (χ0) is 18.2. The number of methoxy groups -OCH3 is 1. The molecule has 25 heavy (non-hydrogen) atoms. The number of nitrogens with one attached hydrogen (secondary N) is 1. The molecule has 0 saturated heterocycles. The van der Waals surface area contributed by atoms with E-state index in [0.717, 1.165) is 17.4 Å². The molecule has 0 aliphatic carbocycles. The first-order chi connectivity index (χ1) is 12.0. The number of carbonyl (C=O) groups is 2. The van der Waals surface area contributed by atoms with Gasteiger partial charge in [-0.25, -0.2) is 4.79 Å². The van der Waals surface area contributed by atoms with Crippen molar-refractivity contribution in [2.75, 3.05) is 20.3 Å². The Hall–Kier alpha value is -3.22. The molecule has 0 saturated carbocycles. The quantitative estimate of drug-likeness (QED) is 0.520. The Bertz CT molecular complexity index is 742. The van der Waals surface area contributed by atoms with Gasteiger partial charge in [-0.2, -0.15) is 0 Å². The maximum Gasteiger partial charge on any atom is 0.338 e. The van der Waals surface area contributed by atoms with Crippen molar-refractivity contribution in [3.8, 4) is 17.2 Å². The topological polar surface area (TPSA) is 105 Å². The number of rotatable bonds is 7. The number of ether oxygens (including phenoxy) is 2. The molecule has 0 heterocycles. The molecule has 7 nitrogen and oxygen atoms in total. The molecule has 2 aromatic rings. The molecular formula is C18H19NO6. The third-order valence-electron chi connectivity index (χ3n) is 3.44. The van der Waals surface area contributed by atoms with E-state index in [1.165, 1.54) is 12.1 Å². The van der Waals surface area contributed by atoms with Gasteiger partial charge in [-0.1, -0.05) is 12.1 Å². The Labute approximate surface area is 144 Å². The minimum absolute atomic E-state index is 0.0429. The average Bonchev–Trinajstić information content (AvgIpc) is 2.62. The van der Waals surface area contributed by atoms with Gasteiger partial charge in [0.2, 0.25) is 0 Å². The lowest BCUT2D eigenvalue weighted by atomic mass is 10.1. The standard InChI is InChI=1S/C18H19NO6/c1-24-14-5-2-12(3-6-14)8-9-19-17(22)11-25-18(23)13-4-7-15(20)16(21)10-13/h2-7,10,20-21H,8-9,11H2,1H3,(H,19,22). The molecule has 0 spiro atoms. The van der Waals surface area contributed by atoms with E-state index >= 15 is 0 Å². The highest BCUT2D eigenvalue weighted by Gasteiger charge is 2.12. The molecule has 0 radical (unpaired) electrons. The van der Waals surface area contributed by atoms with Crippen LogP contribution in [0.5, 0.6) is 17.2 Å². The summed E-state index contributed by atoms with van der Waals surface area (Å²) in [6.07, 6.45) is 0.634. The van der Waals surface area contributed by atoms with Crippen molar-refractivity contribution in [2.45, 2.75) is 6.42 Å². The van der Waals surface area contributed by atoms with Crippen molar-refractivity contribution >= 4 is 11.9 Å². The van der Waals surface area contributed by atoms with Crippen LogP contribution in [-0.2, 0) is 16.0 Å². The van der Waals surface area contributed by atoms with E-state index in [1.54, 1.807) is 7.11 Å². The number of aromatic hydroxyl groups is 2. The third-order valence-corrected chi connectivity index (χ3v) is 3.44. The molecule has 0 bridgehead atoms. The molecular weight excluding hydrogens is 326 g/mol. The zero-order valence-corrected chi connectivity index (χ0v) is 13.7. The second-order valence-electron chi connectivity index (χ2n) is 5.23. The molecule has 2 rings (SSSR count). The SMILES string of the molecule is COc1ccc(CCNC(=O)COC(=O)c2ccc(O)c(O)c2)cc1. The van der Waals surface area contributed by atoms with Crippen LogP contribution >= 0.6 is 0 Å². The molecule has 2 aromatic carbocycles. The summed E-state index contributed by atoms with van der Waals surface area (Å²) in [6.45, 7) is -0.0220. The average molecular weight is 345 g/mol. The molecule has 3 N–H and O–H groups in total. The van der Waals surface area contributed by atoms with Crippen LogP contribution < -0.4 is 10.1 Å². The van der Waals surface area contributed by atoms with E-state index in [-0.39, 0.29) is 11.3 Å². The van der Waals surface area contributed by atoms with Gasteiger partial charge in [0.1, 0.15) is 5.75 Å². The monoisotopic (exact) mass is 345 g/mol. The zero-order valence-electron chi connectivity index (χ0n) is 13.7. The van der Waals surface area contributed by atoms with E-state index in [2.05, 4.69) is 5.32 Å². The number of phenols is 2. The van der Waals surface area contributed by atoms with Crippen molar-refractivity contribution < 1.29 is 29.3 Å². The first-order valence-corrected chi connectivity index (χ1v) is 7.58. The van der Waals surface area contributed by atoms with Crippen molar-refractivity contribution in [3.05, 3.63) is 53.6 Å². The maximum absolute atomic E-state index is 11.8. The Kier molecular flexibility index (Phi) is 6.22. The van der Waals surface area contributed by atoms with E-state index in [9.17, 15) is 19.8 Å². The van der Waals surface area contributed by atoms with Crippen LogP contribution in [0.25, 0.3) is 0 Å². The molecule has 7 heteroatoms. The molecule has 132 valence electrons. The van der Waals surface area contributed by atoms with Crippen LogP contribution in [0.3, 0.4) is 0 Å². The lowest BCUT2D eigenvalue weighted by Gasteiger charge is -2.08.